The lowest BCUT2D eigenvalue weighted by Gasteiger charge is -2.36. The van der Waals surface area contributed by atoms with Crippen LogP contribution in [0.4, 0.5) is 5.82 Å². The molecule has 1 fully saturated rings. The van der Waals surface area contributed by atoms with Crippen molar-refractivity contribution in [1.29, 1.82) is 0 Å². The Labute approximate surface area is 98.7 Å². The molecular weight excluding hydrogens is 222 g/mol. The lowest BCUT2D eigenvalue weighted by molar-refractivity contribution is -0.0370. The first kappa shape index (κ1) is 11.8. The van der Waals surface area contributed by atoms with Crippen molar-refractivity contribution in [1.82, 2.24) is 9.97 Å². The maximum atomic E-state index is 10.5. The molecule has 0 aromatic carbocycles. The fourth-order valence-corrected chi connectivity index (χ4v) is 1.79. The van der Waals surface area contributed by atoms with E-state index >= 15 is 0 Å². The van der Waals surface area contributed by atoms with Crippen LogP contribution in [0.3, 0.4) is 0 Å². The number of aliphatic hydroxyl groups is 1. The van der Waals surface area contributed by atoms with Crippen molar-refractivity contribution in [2.24, 2.45) is 0 Å². The maximum Gasteiger partial charge on any atom is 0.356 e. The van der Waals surface area contributed by atoms with Gasteiger partial charge in [-0.1, -0.05) is 0 Å². The van der Waals surface area contributed by atoms with Crippen molar-refractivity contribution in [2.75, 3.05) is 11.9 Å². The van der Waals surface area contributed by atoms with Crippen molar-refractivity contribution in [3.63, 3.8) is 0 Å². The van der Waals surface area contributed by atoms with Gasteiger partial charge in [0.1, 0.15) is 5.82 Å². The van der Waals surface area contributed by atoms with Gasteiger partial charge in [0, 0.05) is 6.54 Å². The molecule has 0 spiro atoms. The molecule has 2 rings (SSSR count). The highest BCUT2D eigenvalue weighted by Crippen LogP contribution is 2.34. The molecule has 0 unspecified atom stereocenters. The lowest BCUT2D eigenvalue weighted by atomic mass is 9.78. The van der Waals surface area contributed by atoms with Crippen molar-refractivity contribution < 1.29 is 15.0 Å². The number of aromatic carboxylic acids is 1. The number of hydrogen-bond acceptors (Lipinski definition) is 5. The highest BCUT2D eigenvalue weighted by molar-refractivity contribution is 5.84. The number of rotatable bonds is 5. The number of aromatic nitrogens is 2. The molecule has 1 aliphatic carbocycles. The van der Waals surface area contributed by atoms with E-state index in [1.165, 1.54) is 12.4 Å². The van der Waals surface area contributed by atoms with Crippen LogP contribution in [0.15, 0.2) is 12.4 Å². The second-order valence-electron chi connectivity index (χ2n) is 4.35. The normalized spacial score (nSPS) is 17.2. The van der Waals surface area contributed by atoms with Crippen molar-refractivity contribution >= 4 is 11.8 Å². The molecule has 0 saturated heterocycles. The first-order chi connectivity index (χ1) is 8.09. The minimum absolute atomic E-state index is 0.0758. The van der Waals surface area contributed by atoms with Gasteiger partial charge in [-0.3, -0.25) is 0 Å². The summed E-state index contributed by atoms with van der Waals surface area (Å²) in [6, 6.07) is 0. The second kappa shape index (κ2) is 4.67. The number of anilines is 1. The first-order valence-electron chi connectivity index (χ1n) is 5.61. The third-order valence-corrected chi connectivity index (χ3v) is 3.05. The van der Waals surface area contributed by atoms with E-state index in [2.05, 4.69) is 15.3 Å². The van der Waals surface area contributed by atoms with Crippen LogP contribution in [0.1, 0.15) is 36.2 Å². The Kier molecular flexibility index (Phi) is 3.23. The Hall–Kier alpha value is -1.69. The fourth-order valence-electron chi connectivity index (χ4n) is 1.79. The zero-order valence-corrected chi connectivity index (χ0v) is 9.39. The average molecular weight is 237 g/mol. The number of carboxylic acids is 1. The summed E-state index contributed by atoms with van der Waals surface area (Å²) in [5.74, 6) is -0.564. The third kappa shape index (κ3) is 2.91. The lowest BCUT2D eigenvalue weighted by Crippen LogP contribution is -2.38. The molecule has 1 aliphatic rings. The van der Waals surface area contributed by atoms with Gasteiger partial charge in [0.15, 0.2) is 5.69 Å². The van der Waals surface area contributed by atoms with E-state index in [0.29, 0.717) is 18.8 Å². The molecule has 1 heterocycles. The highest BCUT2D eigenvalue weighted by atomic mass is 16.4. The summed E-state index contributed by atoms with van der Waals surface area (Å²) < 4.78 is 0. The summed E-state index contributed by atoms with van der Waals surface area (Å²) in [6.45, 7) is 0.609. The largest absolute Gasteiger partial charge is 0.476 e. The Balaban J connectivity index is 1.80. The predicted molar refractivity (Wildman–Crippen MR) is 60.9 cm³/mol. The summed E-state index contributed by atoms with van der Waals surface area (Å²) in [5, 5.41) is 21.5. The summed E-state index contributed by atoms with van der Waals surface area (Å²) in [4.78, 5) is 18.2. The molecule has 0 aliphatic heterocycles. The van der Waals surface area contributed by atoms with Crippen LogP contribution in [-0.2, 0) is 0 Å². The minimum atomic E-state index is -1.09. The summed E-state index contributed by atoms with van der Waals surface area (Å²) in [6.07, 6.45) is 6.08. The van der Waals surface area contributed by atoms with Crippen LogP contribution in [0.5, 0.6) is 0 Å². The average Bonchev–Trinajstić information content (AvgIpc) is 2.27. The Bertz CT molecular complexity index is 401. The molecule has 6 nitrogen and oxygen atoms in total. The zero-order valence-electron chi connectivity index (χ0n) is 9.39. The van der Waals surface area contributed by atoms with E-state index in [9.17, 15) is 9.90 Å². The summed E-state index contributed by atoms with van der Waals surface area (Å²) in [5.41, 5.74) is -0.588. The molecule has 3 N–H and O–H groups in total. The van der Waals surface area contributed by atoms with E-state index in [0.717, 1.165) is 19.3 Å². The van der Waals surface area contributed by atoms with Crippen LogP contribution in [0.25, 0.3) is 0 Å². The van der Waals surface area contributed by atoms with E-state index in [4.69, 9.17) is 5.11 Å². The minimum Gasteiger partial charge on any atom is -0.476 e. The van der Waals surface area contributed by atoms with Crippen LogP contribution in [0.2, 0.25) is 0 Å². The number of carboxylic acid groups (broad SMARTS) is 1. The molecule has 0 atom stereocenters. The Morgan fingerprint density at radius 1 is 1.41 bits per heavy atom. The van der Waals surface area contributed by atoms with Gasteiger partial charge >= 0.3 is 5.97 Å². The zero-order chi connectivity index (χ0) is 12.3. The van der Waals surface area contributed by atoms with Gasteiger partial charge in [-0.05, 0) is 25.7 Å². The first-order valence-corrected chi connectivity index (χ1v) is 5.61. The molecule has 1 aromatic rings. The maximum absolute atomic E-state index is 10.5. The van der Waals surface area contributed by atoms with E-state index < -0.39 is 11.6 Å². The SMILES string of the molecule is O=C(O)c1cnc(NCCC2(O)CCC2)cn1. The van der Waals surface area contributed by atoms with Gasteiger partial charge in [-0.2, -0.15) is 0 Å². The van der Waals surface area contributed by atoms with Crippen LogP contribution >= 0.6 is 0 Å². The van der Waals surface area contributed by atoms with Crippen LogP contribution in [0, 0.1) is 0 Å². The van der Waals surface area contributed by atoms with Gasteiger partial charge in [0.2, 0.25) is 0 Å². The van der Waals surface area contributed by atoms with Crippen LogP contribution in [-0.4, -0.2) is 38.3 Å². The van der Waals surface area contributed by atoms with Gasteiger partial charge in [0.05, 0.1) is 18.0 Å². The van der Waals surface area contributed by atoms with Gasteiger partial charge in [0.25, 0.3) is 0 Å². The highest BCUT2D eigenvalue weighted by Gasteiger charge is 2.33. The summed E-state index contributed by atoms with van der Waals surface area (Å²) in [7, 11) is 0. The monoisotopic (exact) mass is 237 g/mol. The van der Waals surface area contributed by atoms with E-state index in [1.807, 2.05) is 0 Å². The number of hydrogen-bond donors (Lipinski definition) is 3. The Morgan fingerprint density at radius 3 is 2.65 bits per heavy atom. The topological polar surface area (TPSA) is 95.3 Å². The fraction of sp³-hybridized carbons (Fsp3) is 0.545. The van der Waals surface area contributed by atoms with Crippen molar-refractivity contribution in [3.8, 4) is 0 Å². The van der Waals surface area contributed by atoms with Crippen molar-refractivity contribution in [2.45, 2.75) is 31.3 Å². The number of carbonyl (C=O) groups is 1. The quantitative estimate of drug-likeness (QED) is 0.704. The molecule has 6 heteroatoms. The number of nitrogens with one attached hydrogen (secondary N) is 1. The molecule has 1 saturated carbocycles. The van der Waals surface area contributed by atoms with Crippen LogP contribution < -0.4 is 5.32 Å². The molecule has 0 radical (unpaired) electrons. The van der Waals surface area contributed by atoms with E-state index in [-0.39, 0.29) is 5.69 Å². The number of nitrogens with zero attached hydrogens (tertiary/aromatic N) is 2. The summed E-state index contributed by atoms with van der Waals surface area (Å²) >= 11 is 0. The molecule has 1 aromatic heterocycles. The smallest absolute Gasteiger partial charge is 0.356 e. The standard InChI is InChI=1S/C11H15N3O3/c15-10(16)8-6-14-9(7-13-8)12-5-4-11(17)2-1-3-11/h6-7,17H,1-5H2,(H,12,14)(H,15,16). The van der Waals surface area contributed by atoms with Gasteiger partial charge in [-0.25, -0.2) is 14.8 Å². The third-order valence-electron chi connectivity index (χ3n) is 3.05. The molecule has 0 amide bonds. The van der Waals surface area contributed by atoms with Gasteiger partial charge < -0.3 is 15.5 Å². The van der Waals surface area contributed by atoms with E-state index in [1.54, 1.807) is 0 Å². The molecule has 17 heavy (non-hydrogen) atoms. The predicted octanol–water partition coefficient (Wildman–Crippen LogP) is 0.892. The van der Waals surface area contributed by atoms with Gasteiger partial charge in [-0.15, -0.1) is 0 Å². The molecule has 0 bridgehead atoms. The second-order valence-corrected chi connectivity index (χ2v) is 4.35. The Morgan fingerprint density at radius 2 is 2.18 bits per heavy atom. The molecule has 92 valence electrons. The van der Waals surface area contributed by atoms with Crippen molar-refractivity contribution in [3.05, 3.63) is 18.1 Å². The molecular formula is C11H15N3O3.